The molecule has 1 heterocycles. The Morgan fingerprint density at radius 3 is 2.87 bits per heavy atom. The highest BCUT2D eigenvalue weighted by Gasteiger charge is 2.42. The Bertz CT molecular complexity index is 286. The fourth-order valence-electron chi connectivity index (χ4n) is 1.52. The van der Waals surface area contributed by atoms with E-state index in [1.807, 2.05) is 0 Å². The standard InChI is InChI=1S/C9H15N3O3/c1-4-7-8(6(13)5-11-12-10)15-9(2,3)14-7/h4,6-8,13H,1,5H2,2-3H3/t6-,7+,8-/m1/s1. The minimum absolute atomic E-state index is 0.0368. The molecule has 6 heteroatoms. The SMILES string of the molecule is C=C[C@@H]1OC(C)(C)O[C@@H]1[C@H](O)CN=[N+]=[N-]. The molecule has 0 aromatic carbocycles. The van der Waals surface area contributed by atoms with E-state index in [9.17, 15) is 5.11 Å². The van der Waals surface area contributed by atoms with Crippen LogP contribution in [0.3, 0.4) is 0 Å². The molecule has 6 nitrogen and oxygen atoms in total. The van der Waals surface area contributed by atoms with Gasteiger partial charge in [0.1, 0.15) is 12.2 Å². The molecule has 0 aliphatic carbocycles. The summed E-state index contributed by atoms with van der Waals surface area (Å²) >= 11 is 0. The van der Waals surface area contributed by atoms with Crippen LogP contribution in [0.25, 0.3) is 10.4 Å². The van der Waals surface area contributed by atoms with E-state index in [2.05, 4.69) is 16.6 Å². The fraction of sp³-hybridized carbons (Fsp3) is 0.778. The molecule has 1 saturated heterocycles. The second-order valence-corrected chi connectivity index (χ2v) is 3.78. The van der Waals surface area contributed by atoms with Crippen molar-refractivity contribution in [3.05, 3.63) is 23.1 Å². The number of nitrogens with zero attached hydrogens (tertiary/aromatic N) is 3. The molecule has 84 valence electrons. The third-order valence-electron chi connectivity index (χ3n) is 2.11. The average Bonchev–Trinajstić information content (AvgIpc) is 2.50. The van der Waals surface area contributed by atoms with E-state index < -0.39 is 18.0 Å². The largest absolute Gasteiger partial charge is 0.390 e. The number of rotatable bonds is 4. The van der Waals surface area contributed by atoms with Crippen LogP contribution in [0.1, 0.15) is 13.8 Å². The molecule has 0 amide bonds. The first kappa shape index (κ1) is 12.0. The zero-order valence-corrected chi connectivity index (χ0v) is 8.83. The molecule has 1 N–H and O–H groups in total. The molecule has 0 spiro atoms. The quantitative estimate of drug-likeness (QED) is 0.331. The molecule has 1 rings (SSSR count). The predicted molar refractivity (Wildman–Crippen MR) is 54.0 cm³/mol. The van der Waals surface area contributed by atoms with Crippen LogP contribution in [0.4, 0.5) is 0 Å². The smallest absolute Gasteiger partial charge is 0.164 e. The normalized spacial score (nSPS) is 30.6. The average molecular weight is 213 g/mol. The van der Waals surface area contributed by atoms with Gasteiger partial charge >= 0.3 is 0 Å². The van der Waals surface area contributed by atoms with Crippen molar-refractivity contribution in [2.45, 2.75) is 37.9 Å². The van der Waals surface area contributed by atoms with Gasteiger partial charge in [-0.05, 0) is 19.4 Å². The summed E-state index contributed by atoms with van der Waals surface area (Å²) in [6.45, 7) is 7.07. The summed E-state index contributed by atoms with van der Waals surface area (Å²) in [7, 11) is 0. The molecule has 1 fully saturated rings. The van der Waals surface area contributed by atoms with Crippen LogP contribution in [-0.4, -0.2) is 35.8 Å². The second kappa shape index (κ2) is 4.63. The van der Waals surface area contributed by atoms with Crippen molar-refractivity contribution in [3.8, 4) is 0 Å². The number of azide groups is 1. The van der Waals surface area contributed by atoms with E-state index in [0.29, 0.717) is 0 Å². The minimum Gasteiger partial charge on any atom is -0.390 e. The maximum atomic E-state index is 9.70. The Morgan fingerprint density at radius 1 is 1.67 bits per heavy atom. The van der Waals surface area contributed by atoms with E-state index in [-0.39, 0.29) is 12.6 Å². The first-order valence-electron chi connectivity index (χ1n) is 4.67. The number of ether oxygens (including phenoxy) is 2. The Labute approximate surface area is 88.1 Å². The Morgan fingerprint density at radius 2 is 2.33 bits per heavy atom. The molecule has 0 saturated carbocycles. The molecule has 0 unspecified atom stereocenters. The van der Waals surface area contributed by atoms with Crippen molar-refractivity contribution in [1.29, 1.82) is 0 Å². The zero-order valence-electron chi connectivity index (χ0n) is 8.83. The van der Waals surface area contributed by atoms with E-state index >= 15 is 0 Å². The second-order valence-electron chi connectivity index (χ2n) is 3.78. The molecule has 1 aliphatic rings. The van der Waals surface area contributed by atoms with Crippen molar-refractivity contribution in [3.63, 3.8) is 0 Å². The Balaban J connectivity index is 2.67. The van der Waals surface area contributed by atoms with Crippen molar-refractivity contribution >= 4 is 0 Å². The van der Waals surface area contributed by atoms with Crippen LogP contribution < -0.4 is 0 Å². The third kappa shape index (κ3) is 2.94. The molecule has 0 aromatic heterocycles. The van der Waals surface area contributed by atoms with Crippen LogP contribution in [-0.2, 0) is 9.47 Å². The summed E-state index contributed by atoms with van der Waals surface area (Å²) in [5, 5.41) is 13.0. The van der Waals surface area contributed by atoms with Gasteiger partial charge in [-0.1, -0.05) is 11.2 Å². The van der Waals surface area contributed by atoms with E-state index in [0.717, 1.165) is 0 Å². The van der Waals surface area contributed by atoms with Gasteiger partial charge < -0.3 is 14.6 Å². The molecule has 15 heavy (non-hydrogen) atoms. The summed E-state index contributed by atoms with van der Waals surface area (Å²) < 4.78 is 11.0. The molecule has 0 radical (unpaired) electrons. The van der Waals surface area contributed by atoms with Gasteiger partial charge in [0.05, 0.1) is 12.6 Å². The minimum atomic E-state index is -0.884. The highest BCUT2D eigenvalue weighted by molar-refractivity contribution is 4.96. The van der Waals surface area contributed by atoms with Crippen LogP contribution in [0, 0.1) is 0 Å². The molecule has 3 atom stereocenters. The first-order valence-corrected chi connectivity index (χ1v) is 4.67. The number of hydrogen-bond donors (Lipinski definition) is 1. The van der Waals surface area contributed by atoms with Crippen LogP contribution >= 0.6 is 0 Å². The maximum absolute atomic E-state index is 9.70. The lowest BCUT2D eigenvalue weighted by atomic mass is 10.1. The zero-order chi connectivity index (χ0) is 11.5. The topological polar surface area (TPSA) is 87.5 Å². The van der Waals surface area contributed by atoms with Gasteiger partial charge in [-0.25, -0.2) is 0 Å². The number of aliphatic hydroxyl groups is 1. The van der Waals surface area contributed by atoms with Crippen molar-refractivity contribution in [2.75, 3.05) is 6.54 Å². The molecule has 0 aromatic rings. The van der Waals surface area contributed by atoms with Gasteiger partial charge in [0, 0.05) is 4.91 Å². The maximum Gasteiger partial charge on any atom is 0.164 e. The highest BCUT2D eigenvalue weighted by atomic mass is 16.8. The van der Waals surface area contributed by atoms with E-state index in [1.54, 1.807) is 19.9 Å². The molecular weight excluding hydrogens is 198 g/mol. The summed E-state index contributed by atoms with van der Waals surface area (Å²) in [6.07, 6.45) is -0.240. The Hall–Kier alpha value is -1.07. The fourth-order valence-corrected chi connectivity index (χ4v) is 1.52. The van der Waals surface area contributed by atoms with Crippen molar-refractivity contribution in [1.82, 2.24) is 0 Å². The van der Waals surface area contributed by atoms with Crippen LogP contribution in [0.2, 0.25) is 0 Å². The van der Waals surface area contributed by atoms with Crippen molar-refractivity contribution < 1.29 is 14.6 Å². The lowest BCUT2D eigenvalue weighted by molar-refractivity contribution is -0.152. The summed E-state index contributed by atoms with van der Waals surface area (Å²) in [5.41, 5.74) is 8.14. The van der Waals surface area contributed by atoms with E-state index in [1.165, 1.54) is 0 Å². The lowest BCUT2D eigenvalue weighted by Crippen LogP contribution is -2.36. The summed E-state index contributed by atoms with van der Waals surface area (Å²) in [5.74, 6) is -0.749. The van der Waals surface area contributed by atoms with Gasteiger partial charge in [0.25, 0.3) is 0 Å². The number of aliphatic hydroxyl groups excluding tert-OH is 1. The first-order chi connectivity index (χ1) is 7.00. The van der Waals surface area contributed by atoms with Crippen LogP contribution in [0.15, 0.2) is 17.8 Å². The Kier molecular flexibility index (Phi) is 3.71. The van der Waals surface area contributed by atoms with Gasteiger partial charge in [0.2, 0.25) is 0 Å². The van der Waals surface area contributed by atoms with Crippen molar-refractivity contribution in [2.24, 2.45) is 5.11 Å². The van der Waals surface area contributed by atoms with Gasteiger partial charge in [-0.3, -0.25) is 0 Å². The molecule has 1 aliphatic heterocycles. The van der Waals surface area contributed by atoms with E-state index in [4.69, 9.17) is 15.0 Å². The summed E-state index contributed by atoms with van der Waals surface area (Å²) in [4.78, 5) is 2.58. The van der Waals surface area contributed by atoms with Gasteiger partial charge in [0.15, 0.2) is 5.79 Å². The highest BCUT2D eigenvalue weighted by Crippen LogP contribution is 2.30. The summed E-state index contributed by atoms with van der Waals surface area (Å²) in [6, 6.07) is 0. The van der Waals surface area contributed by atoms with Gasteiger partial charge in [-0.2, -0.15) is 0 Å². The third-order valence-corrected chi connectivity index (χ3v) is 2.11. The van der Waals surface area contributed by atoms with Gasteiger partial charge in [-0.15, -0.1) is 6.58 Å². The molecule has 0 bridgehead atoms. The lowest BCUT2D eigenvalue weighted by Gasteiger charge is -2.19. The molecular formula is C9H15N3O3. The van der Waals surface area contributed by atoms with Crippen LogP contribution in [0.5, 0.6) is 0 Å². The monoisotopic (exact) mass is 213 g/mol. The number of hydrogen-bond acceptors (Lipinski definition) is 4. The predicted octanol–water partition coefficient (Wildman–Crippen LogP) is 1.36.